The molecule has 1 fully saturated rings. The van der Waals surface area contributed by atoms with E-state index in [0.29, 0.717) is 19.3 Å². The molecule has 2 rings (SSSR count). The maximum atomic E-state index is 12.8. The van der Waals surface area contributed by atoms with Crippen molar-refractivity contribution in [1.82, 2.24) is 4.90 Å². The van der Waals surface area contributed by atoms with Crippen LogP contribution in [0, 0.1) is 5.41 Å². The van der Waals surface area contributed by atoms with E-state index < -0.39 is 0 Å². The Bertz CT molecular complexity index is 530. The lowest BCUT2D eigenvalue weighted by atomic mass is 9.91. The van der Waals surface area contributed by atoms with E-state index >= 15 is 0 Å². The van der Waals surface area contributed by atoms with Gasteiger partial charge in [-0.3, -0.25) is 9.59 Å². The van der Waals surface area contributed by atoms with Crippen LogP contribution < -0.4 is 0 Å². The summed E-state index contributed by atoms with van der Waals surface area (Å²) >= 11 is 0. The van der Waals surface area contributed by atoms with Crippen LogP contribution in [0.4, 0.5) is 0 Å². The first-order chi connectivity index (χ1) is 10.3. The van der Waals surface area contributed by atoms with Gasteiger partial charge in [-0.15, -0.1) is 0 Å². The highest BCUT2D eigenvalue weighted by atomic mass is 16.2. The molecule has 22 heavy (non-hydrogen) atoms. The number of benzene rings is 1. The first-order valence-corrected chi connectivity index (χ1v) is 8.19. The molecule has 0 N–H and O–H groups in total. The standard InChI is InChI=1S/C19H27NO2/c1-5-15-12-17(21)16(11-14-9-7-6-8-10-14)20(15)18(22)13-19(2,3)4/h6-10,15-16H,5,11-13H2,1-4H3/t15-,16+/m1/s1. The third kappa shape index (κ3) is 3.96. The lowest BCUT2D eigenvalue weighted by Gasteiger charge is -2.31. The minimum absolute atomic E-state index is 0.0572. The largest absolute Gasteiger partial charge is 0.329 e. The van der Waals surface area contributed by atoms with Crippen molar-refractivity contribution in [1.29, 1.82) is 0 Å². The number of amides is 1. The van der Waals surface area contributed by atoms with E-state index in [-0.39, 0.29) is 29.2 Å². The number of rotatable bonds is 4. The molecule has 1 aliphatic heterocycles. The Morgan fingerprint density at radius 3 is 2.41 bits per heavy atom. The van der Waals surface area contributed by atoms with Gasteiger partial charge in [0.15, 0.2) is 5.78 Å². The van der Waals surface area contributed by atoms with Crippen LogP contribution >= 0.6 is 0 Å². The van der Waals surface area contributed by atoms with E-state index in [1.165, 1.54) is 0 Å². The Kier molecular flexibility index (Phi) is 5.05. The first kappa shape index (κ1) is 16.7. The van der Waals surface area contributed by atoms with E-state index in [2.05, 4.69) is 27.7 Å². The second-order valence-corrected chi connectivity index (χ2v) is 7.48. The average molecular weight is 301 g/mol. The molecule has 1 saturated heterocycles. The summed E-state index contributed by atoms with van der Waals surface area (Å²) in [6, 6.07) is 9.76. The lowest BCUT2D eigenvalue weighted by molar-refractivity contribution is -0.138. The van der Waals surface area contributed by atoms with Gasteiger partial charge in [0.2, 0.25) is 5.91 Å². The normalized spacial score (nSPS) is 22.2. The monoisotopic (exact) mass is 301 g/mol. The summed E-state index contributed by atoms with van der Waals surface area (Å²) in [5, 5.41) is 0. The second-order valence-electron chi connectivity index (χ2n) is 7.48. The molecule has 0 saturated carbocycles. The Morgan fingerprint density at radius 1 is 1.23 bits per heavy atom. The predicted molar refractivity (Wildman–Crippen MR) is 88.6 cm³/mol. The molecule has 0 unspecified atom stereocenters. The van der Waals surface area contributed by atoms with Gasteiger partial charge in [-0.1, -0.05) is 58.0 Å². The Labute approximate surface area is 133 Å². The second kappa shape index (κ2) is 6.64. The Hall–Kier alpha value is -1.64. The fourth-order valence-corrected chi connectivity index (χ4v) is 3.19. The van der Waals surface area contributed by atoms with E-state index in [4.69, 9.17) is 0 Å². The van der Waals surface area contributed by atoms with Crippen LogP contribution in [0.25, 0.3) is 0 Å². The first-order valence-electron chi connectivity index (χ1n) is 8.19. The van der Waals surface area contributed by atoms with Crippen LogP contribution in [0.2, 0.25) is 0 Å². The number of ketones is 1. The topological polar surface area (TPSA) is 37.4 Å². The van der Waals surface area contributed by atoms with Crippen molar-refractivity contribution in [3.05, 3.63) is 35.9 Å². The number of carbonyl (C=O) groups excluding carboxylic acids is 2. The molecule has 1 aromatic carbocycles. The number of hydrogen-bond acceptors (Lipinski definition) is 2. The highest BCUT2D eigenvalue weighted by Gasteiger charge is 2.42. The molecule has 1 amide bonds. The molecule has 1 aromatic rings. The summed E-state index contributed by atoms with van der Waals surface area (Å²) in [5.41, 5.74) is 1.06. The van der Waals surface area contributed by atoms with Gasteiger partial charge in [-0.05, 0) is 23.8 Å². The average Bonchev–Trinajstić information content (AvgIpc) is 2.75. The highest BCUT2D eigenvalue weighted by molar-refractivity contribution is 5.93. The van der Waals surface area contributed by atoms with Gasteiger partial charge in [0.25, 0.3) is 0 Å². The predicted octanol–water partition coefficient (Wildman–Crippen LogP) is 3.61. The number of nitrogens with zero attached hydrogens (tertiary/aromatic N) is 1. The van der Waals surface area contributed by atoms with Crippen LogP contribution in [0.3, 0.4) is 0 Å². The molecule has 2 atom stereocenters. The smallest absolute Gasteiger partial charge is 0.223 e. The number of likely N-dealkylation sites (tertiary alicyclic amines) is 1. The third-order valence-corrected chi connectivity index (χ3v) is 4.25. The van der Waals surface area contributed by atoms with Crippen LogP contribution in [0.15, 0.2) is 30.3 Å². The van der Waals surface area contributed by atoms with Crippen molar-refractivity contribution in [2.45, 2.75) is 65.5 Å². The quantitative estimate of drug-likeness (QED) is 0.852. The van der Waals surface area contributed by atoms with Gasteiger partial charge in [0.05, 0.1) is 6.04 Å². The molecule has 120 valence electrons. The molecule has 1 heterocycles. The van der Waals surface area contributed by atoms with Gasteiger partial charge in [-0.2, -0.15) is 0 Å². The summed E-state index contributed by atoms with van der Waals surface area (Å²) < 4.78 is 0. The van der Waals surface area contributed by atoms with Gasteiger partial charge >= 0.3 is 0 Å². The van der Waals surface area contributed by atoms with E-state index in [1.807, 2.05) is 35.2 Å². The van der Waals surface area contributed by atoms with Crippen molar-refractivity contribution < 1.29 is 9.59 Å². The van der Waals surface area contributed by atoms with Crippen LogP contribution in [0.5, 0.6) is 0 Å². The highest BCUT2D eigenvalue weighted by Crippen LogP contribution is 2.30. The minimum Gasteiger partial charge on any atom is -0.329 e. The minimum atomic E-state index is -0.290. The van der Waals surface area contributed by atoms with Crippen molar-refractivity contribution in [3.63, 3.8) is 0 Å². The van der Waals surface area contributed by atoms with E-state index in [1.54, 1.807) is 0 Å². The zero-order chi connectivity index (χ0) is 16.3. The van der Waals surface area contributed by atoms with Gasteiger partial charge in [-0.25, -0.2) is 0 Å². The number of carbonyl (C=O) groups is 2. The van der Waals surface area contributed by atoms with Crippen molar-refractivity contribution in [2.24, 2.45) is 5.41 Å². The summed E-state index contributed by atoms with van der Waals surface area (Å²) in [6.07, 6.45) is 2.46. The van der Waals surface area contributed by atoms with Gasteiger partial charge in [0, 0.05) is 18.9 Å². The van der Waals surface area contributed by atoms with Crippen molar-refractivity contribution in [3.8, 4) is 0 Å². The molecule has 0 bridgehead atoms. The molecule has 3 nitrogen and oxygen atoms in total. The lowest BCUT2D eigenvalue weighted by Crippen LogP contribution is -2.44. The maximum absolute atomic E-state index is 12.8. The van der Waals surface area contributed by atoms with Crippen LogP contribution in [-0.2, 0) is 16.0 Å². The maximum Gasteiger partial charge on any atom is 0.223 e. The molecule has 0 spiro atoms. The molecule has 0 aromatic heterocycles. The van der Waals surface area contributed by atoms with E-state index in [9.17, 15) is 9.59 Å². The van der Waals surface area contributed by atoms with Crippen LogP contribution in [-0.4, -0.2) is 28.7 Å². The SMILES string of the molecule is CC[C@@H]1CC(=O)[C@H](Cc2ccccc2)N1C(=O)CC(C)(C)C. The zero-order valence-corrected chi connectivity index (χ0v) is 14.1. The molecular weight excluding hydrogens is 274 g/mol. The summed E-state index contributed by atoms with van der Waals surface area (Å²) in [6.45, 7) is 8.25. The van der Waals surface area contributed by atoms with Crippen LogP contribution in [0.1, 0.15) is 52.5 Å². The number of hydrogen-bond donors (Lipinski definition) is 0. The fourth-order valence-electron chi connectivity index (χ4n) is 3.19. The Morgan fingerprint density at radius 2 is 1.86 bits per heavy atom. The molecule has 1 aliphatic rings. The van der Waals surface area contributed by atoms with Crippen molar-refractivity contribution in [2.75, 3.05) is 0 Å². The summed E-state index contributed by atoms with van der Waals surface area (Å²) in [7, 11) is 0. The van der Waals surface area contributed by atoms with E-state index in [0.717, 1.165) is 12.0 Å². The fraction of sp³-hybridized carbons (Fsp3) is 0.579. The molecular formula is C19H27NO2. The molecule has 0 radical (unpaired) electrons. The third-order valence-electron chi connectivity index (χ3n) is 4.25. The number of Topliss-reactive ketones (excluding diaryl/α,β-unsaturated/α-hetero) is 1. The molecule has 0 aliphatic carbocycles. The summed E-state index contributed by atoms with van der Waals surface area (Å²) in [5.74, 6) is 0.323. The Balaban J connectivity index is 2.21. The summed E-state index contributed by atoms with van der Waals surface area (Å²) in [4.78, 5) is 27.1. The zero-order valence-electron chi connectivity index (χ0n) is 14.1. The molecule has 3 heteroatoms. The van der Waals surface area contributed by atoms with Crippen molar-refractivity contribution >= 4 is 11.7 Å². The van der Waals surface area contributed by atoms with Gasteiger partial charge < -0.3 is 4.90 Å². The van der Waals surface area contributed by atoms with Gasteiger partial charge in [0.1, 0.15) is 0 Å².